The summed E-state index contributed by atoms with van der Waals surface area (Å²) in [5.41, 5.74) is 2.23. The van der Waals surface area contributed by atoms with Crippen LogP contribution in [0.25, 0.3) is 22.2 Å². The molecular formula is C36H37Cl2N7O5. The molecule has 1 saturated heterocycles. The van der Waals surface area contributed by atoms with Crippen LogP contribution in [0, 0.1) is 18.8 Å². The lowest BCUT2D eigenvalue weighted by atomic mass is 10.0. The Kier molecular flexibility index (Phi) is 11.3. The first kappa shape index (κ1) is 36.2. The van der Waals surface area contributed by atoms with Crippen molar-refractivity contribution >= 4 is 63.4 Å². The van der Waals surface area contributed by atoms with Crippen molar-refractivity contribution in [1.29, 1.82) is 0 Å². The van der Waals surface area contributed by atoms with Crippen molar-refractivity contribution < 1.29 is 19.1 Å². The average Bonchev–Trinajstić information content (AvgIpc) is 3.10. The van der Waals surface area contributed by atoms with Crippen LogP contribution in [0.3, 0.4) is 0 Å². The topological polar surface area (TPSA) is 131 Å². The van der Waals surface area contributed by atoms with Gasteiger partial charge < -0.3 is 29.9 Å². The van der Waals surface area contributed by atoms with E-state index in [4.69, 9.17) is 37.7 Å². The molecule has 0 aliphatic carbocycles. The van der Waals surface area contributed by atoms with Crippen molar-refractivity contribution in [3.05, 3.63) is 75.1 Å². The van der Waals surface area contributed by atoms with Crippen molar-refractivity contribution in [2.75, 3.05) is 51.5 Å². The number of benzene rings is 2. The molecule has 1 unspecified atom stereocenters. The normalized spacial score (nSPS) is 14.5. The molecule has 1 aliphatic rings. The number of amides is 2. The Morgan fingerprint density at radius 3 is 2.52 bits per heavy atom. The summed E-state index contributed by atoms with van der Waals surface area (Å²) in [4.78, 5) is 53.0. The molecule has 14 heteroatoms. The summed E-state index contributed by atoms with van der Waals surface area (Å²) in [6.07, 6.45) is 3.19. The van der Waals surface area contributed by atoms with Gasteiger partial charge in [-0.3, -0.25) is 19.0 Å². The summed E-state index contributed by atoms with van der Waals surface area (Å²) in [7, 11) is 4.91. The van der Waals surface area contributed by atoms with Crippen molar-refractivity contribution in [1.82, 2.24) is 24.3 Å². The van der Waals surface area contributed by atoms with E-state index in [9.17, 15) is 14.4 Å². The highest BCUT2D eigenvalue weighted by atomic mass is 35.5. The first-order valence-electron chi connectivity index (χ1n) is 15.7. The van der Waals surface area contributed by atoms with Crippen LogP contribution in [0.4, 0.5) is 17.3 Å². The van der Waals surface area contributed by atoms with Crippen LogP contribution >= 0.6 is 23.2 Å². The lowest BCUT2D eigenvalue weighted by molar-refractivity contribution is -0.129. The number of pyridine rings is 1. The summed E-state index contributed by atoms with van der Waals surface area (Å²) in [6, 6.07) is 8.39. The van der Waals surface area contributed by atoms with Crippen LogP contribution < -0.4 is 25.7 Å². The number of rotatable bonds is 10. The lowest BCUT2D eigenvalue weighted by Gasteiger charge is -2.39. The molecule has 0 bridgehead atoms. The third-order valence-electron chi connectivity index (χ3n) is 8.49. The van der Waals surface area contributed by atoms with Crippen LogP contribution in [0.5, 0.6) is 11.5 Å². The number of nitrogens with one attached hydrogen (secondary N) is 2. The average molecular weight is 719 g/mol. The molecule has 50 heavy (non-hydrogen) atoms. The van der Waals surface area contributed by atoms with E-state index in [0.29, 0.717) is 48.5 Å². The van der Waals surface area contributed by atoms with Crippen LogP contribution in [0.1, 0.15) is 18.9 Å². The predicted octanol–water partition coefficient (Wildman–Crippen LogP) is 5.52. The zero-order valence-electron chi connectivity index (χ0n) is 28.4. The van der Waals surface area contributed by atoms with Gasteiger partial charge in [0.05, 0.1) is 41.2 Å². The number of fused-ring (bicyclic) bond motifs is 1. The number of ether oxygens (including phenoxy) is 2. The molecular weight excluding hydrogens is 681 g/mol. The molecule has 4 aromatic rings. The van der Waals surface area contributed by atoms with Gasteiger partial charge in [-0.2, -0.15) is 4.98 Å². The Bertz CT molecular complexity index is 2080. The van der Waals surface area contributed by atoms with Gasteiger partial charge in [-0.25, -0.2) is 4.98 Å². The van der Waals surface area contributed by atoms with Crippen molar-refractivity contribution in [3.8, 4) is 34.5 Å². The number of anilines is 3. The number of carbonyl (C=O) groups excluding carboxylic acids is 2. The highest BCUT2D eigenvalue weighted by Gasteiger charge is 2.29. The Labute approximate surface area is 300 Å². The lowest BCUT2D eigenvalue weighted by Crippen LogP contribution is -2.54. The zero-order chi connectivity index (χ0) is 36.1. The van der Waals surface area contributed by atoms with Gasteiger partial charge in [-0.15, -0.1) is 0 Å². The smallest absolute Gasteiger partial charge is 0.298 e. The van der Waals surface area contributed by atoms with Gasteiger partial charge in [0.15, 0.2) is 0 Å². The Morgan fingerprint density at radius 1 is 1.14 bits per heavy atom. The number of likely N-dealkylation sites (N-methyl/N-ethyl adjacent to an activating group) is 1. The van der Waals surface area contributed by atoms with E-state index in [-0.39, 0.29) is 63.0 Å². The highest BCUT2D eigenvalue weighted by Crippen LogP contribution is 2.45. The van der Waals surface area contributed by atoms with Crippen molar-refractivity contribution in [2.45, 2.75) is 32.9 Å². The second kappa shape index (κ2) is 15.6. The van der Waals surface area contributed by atoms with E-state index >= 15 is 0 Å². The highest BCUT2D eigenvalue weighted by molar-refractivity contribution is 6.41. The van der Waals surface area contributed by atoms with E-state index in [2.05, 4.69) is 38.9 Å². The number of halogens is 2. The molecule has 1 aliphatic heterocycles. The molecule has 2 aromatic heterocycles. The second-order valence-electron chi connectivity index (χ2n) is 11.7. The predicted molar refractivity (Wildman–Crippen MR) is 197 cm³/mol. The number of nitrogens with zero attached hydrogens (tertiary/aromatic N) is 5. The van der Waals surface area contributed by atoms with Crippen molar-refractivity contribution in [3.63, 3.8) is 0 Å². The minimum absolute atomic E-state index is 0.137. The minimum Gasteiger partial charge on any atom is -0.495 e. The van der Waals surface area contributed by atoms with Gasteiger partial charge in [0.25, 0.3) is 11.5 Å². The number of piperazine rings is 1. The van der Waals surface area contributed by atoms with E-state index < -0.39 is 5.56 Å². The fourth-order valence-corrected chi connectivity index (χ4v) is 6.65. The monoisotopic (exact) mass is 717 g/mol. The molecule has 0 spiro atoms. The molecule has 260 valence electrons. The first-order chi connectivity index (χ1) is 24.0. The number of aromatic nitrogens is 3. The molecule has 0 radical (unpaired) electrons. The summed E-state index contributed by atoms with van der Waals surface area (Å²) < 4.78 is 12.5. The summed E-state index contributed by atoms with van der Waals surface area (Å²) in [5, 5.41) is 6.81. The Balaban J connectivity index is 1.67. The molecule has 3 heterocycles. The maximum absolute atomic E-state index is 14.6. The van der Waals surface area contributed by atoms with E-state index in [1.54, 1.807) is 36.2 Å². The largest absolute Gasteiger partial charge is 0.495 e. The number of aryl methyl sites for hydroxylation is 2. The van der Waals surface area contributed by atoms with E-state index in [1.165, 1.54) is 24.9 Å². The Morgan fingerprint density at radius 2 is 1.86 bits per heavy atom. The third kappa shape index (κ3) is 7.40. The number of para-hydroxylation sites is 1. The molecule has 1 atom stereocenters. The number of carbonyl (C=O) groups is 2. The van der Waals surface area contributed by atoms with Crippen LogP contribution in [0.2, 0.25) is 10.0 Å². The van der Waals surface area contributed by atoms with Crippen LogP contribution in [-0.4, -0.2) is 83.1 Å². The van der Waals surface area contributed by atoms with E-state index in [0.717, 1.165) is 5.56 Å². The summed E-state index contributed by atoms with van der Waals surface area (Å²) in [6.45, 7) is 9.04. The van der Waals surface area contributed by atoms with Gasteiger partial charge in [-0.05, 0) is 57.0 Å². The first-order valence-corrected chi connectivity index (χ1v) is 16.5. The molecule has 0 saturated carbocycles. The summed E-state index contributed by atoms with van der Waals surface area (Å²) >= 11 is 13.6. The fourth-order valence-electron chi connectivity index (χ4n) is 5.94. The Hall–Kier alpha value is -5.09. The maximum atomic E-state index is 14.6. The van der Waals surface area contributed by atoms with Gasteiger partial charge in [0.1, 0.15) is 17.1 Å². The molecule has 2 amide bonds. The zero-order valence-corrected chi connectivity index (χ0v) is 29.9. The molecule has 2 aromatic carbocycles. The molecule has 5 rings (SSSR count). The second-order valence-corrected chi connectivity index (χ2v) is 12.4. The maximum Gasteiger partial charge on any atom is 0.298 e. The SMILES string of the molecule is C=CC(=O)Nc1cccc(C)c1Nc1ncc2cc(-c3c(Cl)c(OC)cc(OC)c3Cl)c(=O)n(CCC3CN(C)CCN3C(=O)C#CC)c2n1. The van der Waals surface area contributed by atoms with Crippen LogP contribution in [0.15, 0.2) is 54.0 Å². The quantitative estimate of drug-likeness (QED) is 0.161. The summed E-state index contributed by atoms with van der Waals surface area (Å²) in [5.74, 6) is 5.46. The van der Waals surface area contributed by atoms with Gasteiger partial charge >= 0.3 is 0 Å². The molecule has 12 nitrogen and oxygen atoms in total. The fraction of sp³-hybridized carbons (Fsp3) is 0.306. The molecule has 2 N–H and O–H groups in total. The number of hydrogen-bond donors (Lipinski definition) is 2. The molecule has 1 fully saturated rings. The standard InChI is InChI=1S/C36H37Cl2N7O5/c1-7-10-29(47)44-16-15-43(4)20-23(44)13-14-45-34-22(17-24(35(45)48)30-31(37)26(49-5)18-27(50-6)32(30)38)19-39-36(42-34)41-33-21(3)11-9-12-25(33)40-28(46)8-2/h8-9,11-12,17-19,23H,2,13-16,20H2,1,3-6H3,(H,40,46)(H,39,41,42). The van der Waals surface area contributed by atoms with Gasteiger partial charge in [0, 0.05) is 55.4 Å². The van der Waals surface area contributed by atoms with Gasteiger partial charge in [-0.1, -0.05) is 47.8 Å². The van der Waals surface area contributed by atoms with Gasteiger partial charge in [0.2, 0.25) is 11.9 Å². The van der Waals surface area contributed by atoms with Crippen LogP contribution in [-0.2, 0) is 16.1 Å². The number of hydrogen-bond acceptors (Lipinski definition) is 9. The van der Waals surface area contributed by atoms with E-state index in [1.807, 2.05) is 26.1 Å². The number of methoxy groups -OCH3 is 2. The van der Waals surface area contributed by atoms with Crippen molar-refractivity contribution in [2.24, 2.45) is 0 Å². The third-order valence-corrected chi connectivity index (χ3v) is 9.24. The minimum atomic E-state index is -0.425.